The van der Waals surface area contributed by atoms with Gasteiger partial charge in [-0.15, -0.1) is 5.06 Å². The van der Waals surface area contributed by atoms with Crippen LogP contribution in [0.4, 0.5) is 5.69 Å². The van der Waals surface area contributed by atoms with Crippen molar-refractivity contribution in [3.8, 4) is 5.75 Å². The van der Waals surface area contributed by atoms with Crippen molar-refractivity contribution in [2.75, 3.05) is 25.6 Å². The summed E-state index contributed by atoms with van der Waals surface area (Å²) in [6, 6.07) is 31.0. The number of aliphatic hydroxyl groups excluding tert-OH is 1. The van der Waals surface area contributed by atoms with E-state index in [1.807, 2.05) is 108 Å². The molecule has 2 unspecified atom stereocenters. The minimum atomic E-state index is -0.329. The Morgan fingerprint density at radius 3 is 2.33 bits per heavy atom. The number of amides is 1. The highest BCUT2D eigenvalue weighted by molar-refractivity contribution is 6.14. The molecule has 8 heteroatoms. The van der Waals surface area contributed by atoms with E-state index >= 15 is 0 Å². The van der Waals surface area contributed by atoms with Gasteiger partial charge in [-0.2, -0.15) is 0 Å². The monoisotopic (exact) mass is 573 g/mol. The van der Waals surface area contributed by atoms with Crippen molar-refractivity contribution in [3.63, 3.8) is 0 Å². The number of para-hydroxylation sites is 1. The minimum Gasteiger partial charge on any atom is -0.497 e. The van der Waals surface area contributed by atoms with E-state index < -0.39 is 0 Å². The van der Waals surface area contributed by atoms with Crippen molar-refractivity contribution in [2.45, 2.75) is 25.2 Å². The Morgan fingerprint density at radius 1 is 0.907 bits per heavy atom. The molecular formula is C35H31N3O5. The van der Waals surface area contributed by atoms with E-state index in [9.17, 15) is 9.90 Å². The number of aliphatic hydroxyl groups is 1. The largest absolute Gasteiger partial charge is 0.497 e. The summed E-state index contributed by atoms with van der Waals surface area (Å²) in [7, 11) is 3.58. The van der Waals surface area contributed by atoms with Crippen LogP contribution in [0.2, 0.25) is 0 Å². The molecule has 3 aliphatic rings. The van der Waals surface area contributed by atoms with Gasteiger partial charge in [0.15, 0.2) is 11.9 Å². The molecule has 0 spiro atoms. The molecule has 3 heterocycles. The average molecular weight is 574 g/mol. The summed E-state index contributed by atoms with van der Waals surface area (Å²) in [4.78, 5) is 28.5. The van der Waals surface area contributed by atoms with Crippen LogP contribution in [0.25, 0.3) is 11.3 Å². The van der Waals surface area contributed by atoms with Gasteiger partial charge in [-0.3, -0.25) is 4.79 Å². The Labute approximate surface area is 250 Å². The maximum atomic E-state index is 14.4. The predicted molar refractivity (Wildman–Crippen MR) is 164 cm³/mol. The van der Waals surface area contributed by atoms with E-state index in [0.717, 1.165) is 50.5 Å². The zero-order valence-electron chi connectivity index (χ0n) is 23.9. The fourth-order valence-electron chi connectivity index (χ4n) is 6.12. The third kappa shape index (κ3) is 4.74. The predicted octanol–water partition coefficient (Wildman–Crippen LogP) is 5.83. The van der Waals surface area contributed by atoms with Gasteiger partial charge in [0.2, 0.25) is 0 Å². The van der Waals surface area contributed by atoms with Crippen LogP contribution in [-0.2, 0) is 16.3 Å². The zero-order chi connectivity index (χ0) is 29.5. The maximum Gasteiger partial charge on any atom is 0.259 e. The Hall–Kier alpha value is -4.92. The molecule has 0 saturated heterocycles. The van der Waals surface area contributed by atoms with Crippen molar-refractivity contribution >= 4 is 28.6 Å². The first-order valence-electron chi connectivity index (χ1n) is 14.3. The van der Waals surface area contributed by atoms with Gasteiger partial charge in [0.05, 0.1) is 43.3 Å². The molecule has 0 aromatic heterocycles. The molecule has 0 fully saturated rings. The Morgan fingerprint density at radius 2 is 1.60 bits per heavy atom. The van der Waals surface area contributed by atoms with E-state index in [2.05, 4.69) is 11.2 Å². The van der Waals surface area contributed by atoms with E-state index in [1.165, 1.54) is 0 Å². The van der Waals surface area contributed by atoms with Gasteiger partial charge in [-0.25, -0.2) is 0 Å². The van der Waals surface area contributed by atoms with Crippen LogP contribution in [-0.4, -0.2) is 48.6 Å². The molecular weight excluding hydrogens is 542 g/mol. The van der Waals surface area contributed by atoms with Crippen LogP contribution in [0.15, 0.2) is 102 Å². The molecule has 0 radical (unpaired) electrons. The molecule has 4 aromatic carbocycles. The van der Waals surface area contributed by atoms with Crippen LogP contribution in [0, 0.1) is 0 Å². The summed E-state index contributed by atoms with van der Waals surface area (Å²) in [6.07, 6.45) is 0.227. The molecule has 0 saturated carbocycles. The maximum absolute atomic E-state index is 14.4. The number of oxime groups is 1. The number of hydroxylamine groups is 2. The van der Waals surface area contributed by atoms with Crippen molar-refractivity contribution in [2.24, 2.45) is 5.16 Å². The summed E-state index contributed by atoms with van der Waals surface area (Å²) in [5, 5.41) is 15.6. The number of methoxy groups -OCH3 is 1. The van der Waals surface area contributed by atoms with Crippen LogP contribution in [0.1, 0.15) is 50.6 Å². The number of fused-ring (bicyclic) bond motifs is 4. The summed E-state index contributed by atoms with van der Waals surface area (Å²) in [5.74, 6) is 1.33. The third-order valence-corrected chi connectivity index (χ3v) is 8.27. The first-order chi connectivity index (χ1) is 21.1. The highest BCUT2D eigenvalue weighted by Gasteiger charge is 2.41. The lowest BCUT2D eigenvalue weighted by Gasteiger charge is -2.30. The van der Waals surface area contributed by atoms with Gasteiger partial charge >= 0.3 is 0 Å². The molecule has 43 heavy (non-hydrogen) atoms. The molecule has 3 aliphatic heterocycles. The second-order valence-corrected chi connectivity index (χ2v) is 10.9. The lowest BCUT2D eigenvalue weighted by atomic mass is 9.87. The number of likely N-dealkylation sites (N-methyl/N-ethyl adjacent to an activating group) is 1. The number of hydrogen-bond donors (Lipinski definition) is 1. The highest BCUT2D eigenvalue weighted by atomic mass is 16.7. The van der Waals surface area contributed by atoms with E-state index in [4.69, 9.17) is 14.4 Å². The van der Waals surface area contributed by atoms with Crippen molar-refractivity contribution in [1.29, 1.82) is 0 Å². The molecule has 7 rings (SSSR count). The number of rotatable bonds is 6. The average Bonchev–Trinajstić information content (AvgIpc) is 3.67. The number of nitrogens with zero attached hydrogens (tertiary/aromatic N) is 3. The molecule has 4 aromatic rings. The summed E-state index contributed by atoms with van der Waals surface area (Å²) in [5.41, 5.74) is 7.64. The lowest BCUT2D eigenvalue weighted by Crippen LogP contribution is -2.39. The standard InChI is InChI=1S/C35H31N3O5/c1-37-33(24-15-17-25(41-2)18-16-24)32-29-9-5-6-10-31(29)38(35(40)28-8-4-3-7-27(28)34(32)43-37)20-26-19-30(36-42-26)23-13-11-22(21-39)12-14-23/h3-18,26,33,39H,19-21H2,1-2H3. The normalized spacial score (nSPS) is 19.5. The number of hydrogen-bond acceptors (Lipinski definition) is 7. The minimum absolute atomic E-state index is 0.0118. The molecule has 216 valence electrons. The van der Waals surface area contributed by atoms with E-state index in [1.54, 1.807) is 7.11 Å². The summed E-state index contributed by atoms with van der Waals surface area (Å²) >= 11 is 0. The third-order valence-electron chi connectivity index (χ3n) is 8.27. The van der Waals surface area contributed by atoms with Gasteiger partial charge < -0.3 is 24.4 Å². The molecule has 0 bridgehead atoms. The smallest absolute Gasteiger partial charge is 0.259 e. The lowest BCUT2D eigenvalue weighted by molar-refractivity contribution is -0.0654. The van der Waals surface area contributed by atoms with E-state index in [-0.39, 0.29) is 24.7 Å². The van der Waals surface area contributed by atoms with Gasteiger partial charge in [0.1, 0.15) is 5.75 Å². The van der Waals surface area contributed by atoms with Crippen LogP contribution >= 0.6 is 0 Å². The first-order valence-corrected chi connectivity index (χ1v) is 14.3. The fourth-order valence-corrected chi connectivity index (χ4v) is 6.12. The topological polar surface area (TPSA) is 83.8 Å². The quantitative estimate of drug-likeness (QED) is 0.313. The first kappa shape index (κ1) is 26.9. The molecule has 8 nitrogen and oxygen atoms in total. The number of carbonyl (C=O) groups is 1. The Balaban J connectivity index is 1.29. The van der Waals surface area contributed by atoms with Gasteiger partial charge in [0, 0.05) is 30.2 Å². The summed E-state index contributed by atoms with van der Waals surface area (Å²) in [6.45, 7) is 0.306. The van der Waals surface area contributed by atoms with Gasteiger partial charge in [-0.1, -0.05) is 78.0 Å². The number of benzene rings is 4. The second-order valence-electron chi connectivity index (χ2n) is 10.9. The Kier molecular flexibility index (Phi) is 6.93. The van der Waals surface area contributed by atoms with Crippen molar-refractivity contribution in [3.05, 3.63) is 130 Å². The van der Waals surface area contributed by atoms with Gasteiger partial charge in [-0.05, 0) is 41.0 Å². The number of carbonyl (C=O) groups excluding carboxylic acids is 1. The zero-order valence-corrected chi connectivity index (χ0v) is 23.9. The molecule has 0 aliphatic carbocycles. The molecule has 2 atom stereocenters. The SMILES string of the molecule is COc1ccc(C2C3=C(ON2C)c2ccccc2C(=O)N(CC2CC(c4ccc(CO)cc4)=NO2)c2ccccc23)cc1. The molecule has 1 N–H and O–H groups in total. The Bertz CT molecular complexity index is 1750. The van der Waals surface area contributed by atoms with Crippen LogP contribution in [0.5, 0.6) is 5.75 Å². The number of ether oxygens (including phenoxy) is 1. The summed E-state index contributed by atoms with van der Waals surface area (Å²) < 4.78 is 5.41. The second kappa shape index (κ2) is 11.1. The fraction of sp³-hybridized carbons (Fsp3) is 0.200. The van der Waals surface area contributed by atoms with Crippen LogP contribution < -0.4 is 9.64 Å². The number of anilines is 1. The van der Waals surface area contributed by atoms with Crippen LogP contribution in [0.3, 0.4) is 0 Å². The molecule has 1 amide bonds. The van der Waals surface area contributed by atoms with Crippen molar-refractivity contribution < 1.29 is 24.3 Å². The highest BCUT2D eigenvalue weighted by Crippen LogP contribution is 2.50. The van der Waals surface area contributed by atoms with Crippen molar-refractivity contribution in [1.82, 2.24) is 5.06 Å². The van der Waals surface area contributed by atoms with E-state index in [0.29, 0.717) is 24.3 Å². The van der Waals surface area contributed by atoms with Gasteiger partial charge in [0.25, 0.3) is 5.91 Å².